The molecule has 0 spiro atoms. The van der Waals surface area contributed by atoms with Gasteiger partial charge in [-0.3, -0.25) is 0 Å². The van der Waals surface area contributed by atoms with Gasteiger partial charge < -0.3 is 14.1 Å². The van der Waals surface area contributed by atoms with Crippen molar-refractivity contribution < 1.29 is 9.15 Å². The second kappa shape index (κ2) is 4.16. The van der Waals surface area contributed by atoms with E-state index >= 15 is 0 Å². The van der Waals surface area contributed by atoms with Gasteiger partial charge in [0, 0.05) is 19.2 Å². The molecule has 0 amide bonds. The lowest BCUT2D eigenvalue weighted by Gasteiger charge is -2.26. The summed E-state index contributed by atoms with van der Waals surface area (Å²) >= 11 is 0. The molecule has 0 aromatic carbocycles. The maximum Gasteiger partial charge on any atom is 0.195 e. The lowest BCUT2D eigenvalue weighted by atomic mass is 10.3. The number of anilines is 1. The third-order valence-electron chi connectivity index (χ3n) is 2.22. The van der Waals surface area contributed by atoms with Crippen LogP contribution in [0, 0.1) is 11.3 Å². The predicted molar refractivity (Wildman–Crippen MR) is 51.1 cm³/mol. The van der Waals surface area contributed by atoms with E-state index in [1.54, 1.807) is 0 Å². The summed E-state index contributed by atoms with van der Waals surface area (Å²) in [5.41, 5.74) is 0. The van der Waals surface area contributed by atoms with Gasteiger partial charge in [0.15, 0.2) is 5.88 Å². The zero-order valence-corrected chi connectivity index (χ0v) is 7.90. The van der Waals surface area contributed by atoms with Crippen molar-refractivity contribution in [2.45, 2.75) is 6.42 Å². The summed E-state index contributed by atoms with van der Waals surface area (Å²) in [5.74, 6) is 1.58. The SMILES string of the molecule is N#CCc1ccc(N2CCOCC2)o1. The van der Waals surface area contributed by atoms with E-state index in [9.17, 15) is 0 Å². The van der Waals surface area contributed by atoms with Crippen LogP contribution >= 0.6 is 0 Å². The summed E-state index contributed by atoms with van der Waals surface area (Å²) in [4.78, 5) is 2.13. The van der Waals surface area contributed by atoms with Gasteiger partial charge in [0.25, 0.3) is 0 Å². The molecule has 4 heteroatoms. The van der Waals surface area contributed by atoms with Gasteiger partial charge >= 0.3 is 0 Å². The molecule has 0 atom stereocenters. The minimum absolute atomic E-state index is 0.338. The highest BCUT2D eigenvalue weighted by molar-refractivity contribution is 5.37. The number of nitrogens with zero attached hydrogens (tertiary/aromatic N) is 2. The molecule has 0 N–H and O–H groups in total. The molecule has 0 unspecified atom stereocenters. The number of nitriles is 1. The van der Waals surface area contributed by atoms with Crippen LogP contribution in [0.2, 0.25) is 0 Å². The number of hydrogen-bond acceptors (Lipinski definition) is 4. The monoisotopic (exact) mass is 192 g/mol. The zero-order valence-electron chi connectivity index (χ0n) is 7.90. The fraction of sp³-hybridized carbons (Fsp3) is 0.500. The molecule has 4 nitrogen and oxygen atoms in total. The molecule has 0 saturated carbocycles. The number of rotatable bonds is 2. The van der Waals surface area contributed by atoms with Crippen molar-refractivity contribution in [1.82, 2.24) is 0 Å². The van der Waals surface area contributed by atoms with E-state index in [2.05, 4.69) is 11.0 Å². The van der Waals surface area contributed by atoms with Crippen LogP contribution in [-0.2, 0) is 11.2 Å². The molecule has 0 bridgehead atoms. The third-order valence-corrected chi connectivity index (χ3v) is 2.22. The number of furan rings is 1. The van der Waals surface area contributed by atoms with Crippen molar-refractivity contribution >= 4 is 5.88 Å². The number of morpholine rings is 1. The van der Waals surface area contributed by atoms with Gasteiger partial charge in [-0.05, 0) is 6.07 Å². The Labute approximate surface area is 82.7 Å². The Bertz CT molecular complexity index is 334. The van der Waals surface area contributed by atoms with E-state index in [0.29, 0.717) is 6.42 Å². The van der Waals surface area contributed by atoms with Crippen LogP contribution < -0.4 is 4.90 Å². The lowest BCUT2D eigenvalue weighted by molar-refractivity contribution is 0.120. The first-order chi connectivity index (χ1) is 6.90. The van der Waals surface area contributed by atoms with Crippen LogP contribution in [0.25, 0.3) is 0 Å². The Hall–Kier alpha value is -1.47. The minimum atomic E-state index is 0.338. The van der Waals surface area contributed by atoms with Crippen molar-refractivity contribution in [3.05, 3.63) is 17.9 Å². The number of ether oxygens (including phenoxy) is 1. The van der Waals surface area contributed by atoms with E-state index in [1.807, 2.05) is 12.1 Å². The molecule has 2 rings (SSSR count). The molecule has 0 radical (unpaired) electrons. The van der Waals surface area contributed by atoms with Crippen LogP contribution in [0.15, 0.2) is 16.5 Å². The van der Waals surface area contributed by atoms with Gasteiger partial charge in [-0.15, -0.1) is 0 Å². The smallest absolute Gasteiger partial charge is 0.195 e. The Morgan fingerprint density at radius 2 is 2.14 bits per heavy atom. The van der Waals surface area contributed by atoms with E-state index in [1.165, 1.54) is 0 Å². The number of hydrogen-bond donors (Lipinski definition) is 0. The van der Waals surface area contributed by atoms with Gasteiger partial charge in [-0.25, -0.2) is 0 Å². The summed E-state index contributed by atoms with van der Waals surface area (Å²) in [5, 5.41) is 8.50. The Morgan fingerprint density at radius 3 is 2.86 bits per heavy atom. The third kappa shape index (κ3) is 1.88. The van der Waals surface area contributed by atoms with E-state index in [4.69, 9.17) is 14.4 Å². The quantitative estimate of drug-likeness (QED) is 0.706. The topological polar surface area (TPSA) is 49.4 Å². The normalized spacial score (nSPS) is 16.6. The molecule has 1 aromatic rings. The average molecular weight is 192 g/mol. The summed E-state index contributed by atoms with van der Waals surface area (Å²) in [6, 6.07) is 5.83. The maximum absolute atomic E-state index is 8.50. The first-order valence-corrected chi connectivity index (χ1v) is 4.68. The molecule has 1 aromatic heterocycles. The molecule has 1 fully saturated rings. The molecule has 1 aliphatic rings. The van der Waals surface area contributed by atoms with Gasteiger partial charge in [-0.1, -0.05) is 0 Å². The van der Waals surface area contributed by atoms with Gasteiger partial charge in [0.2, 0.25) is 0 Å². The van der Waals surface area contributed by atoms with E-state index < -0.39 is 0 Å². The molecule has 1 saturated heterocycles. The highest BCUT2D eigenvalue weighted by Gasteiger charge is 2.14. The van der Waals surface area contributed by atoms with Crippen molar-refractivity contribution in [3.8, 4) is 6.07 Å². The molecule has 1 aliphatic heterocycles. The molecular weight excluding hydrogens is 180 g/mol. The van der Waals surface area contributed by atoms with Gasteiger partial charge in [0.05, 0.1) is 25.7 Å². The molecule has 74 valence electrons. The fourth-order valence-corrected chi connectivity index (χ4v) is 1.49. The summed E-state index contributed by atoms with van der Waals surface area (Å²) in [7, 11) is 0. The summed E-state index contributed by atoms with van der Waals surface area (Å²) < 4.78 is 10.8. The van der Waals surface area contributed by atoms with Crippen LogP contribution in [-0.4, -0.2) is 26.3 Å². The van der Waals surface area contributed by atoms with Crippen LogP contribution in [0.4, 0.5) is 5.88 Å². The van der Waals surface area contributed by atoms with Crippen LogP contribution in [0.3, 0.4) is 0 Å². The Balaban J connectivity index is 2.04. The van der Waals surface area contributed by atoms with Crippen molar-refractivity contribution in [3.63, 3.8) is 0 Å². The standard InChI is InChI=1S/C10H12N2O2/c11-4-3-9-1-2-10(14-9)12-5-7-13-8-6-12/h1-2H,3,5-8H2. The second-order valence-corrected chi connectivity index (χ2v) is 3.17. The van der Waals surface area contributed by atoms with Crippen molar-refractivity contribution in [1.29, 1.82) is 5.26 Å². The van der Waals surface area contributed by atoms with Crippen molar-refractivity contribution in [2.75, 3.05) is 31.2 Å². The molecule has 2 heterocycles. The molecule has 14 heavy (non-hydrogen) atoms. The predicted octanol–water partition coefficient (Wildman–Crippen LogP) is 1.18. The van der Waals surface area contributed by atoms with Crippen LogP contribution in [0.1, 0.15) is 5.76 Å². The van der Waals surface area contributed by atoms with E-state index in [0.717, 1.165) is 37.9 Å². The first kappa shape index (κ1) is 9.10. The van der Waals surface area contributed by atoms with Gasteiger partial charge in [-0.2, -0.15) is 5.26 Å². The summed E-state index contributed by atoms with van der Waals surface area (Å²) in [6.07, 6.45) is 0.338. The lowest BCUT2D eigenvalue weighted by Crippen LogP contribution is -2.35. The van der Waals surface area contributed by atoms with E-state index in [-0.39, 0.29) is 0 Å². The molecular formula is C10H12N2O2. The van der Waals surface area contributed by atoms with Crippen molar-refractivity contribution in [2.24, 2.45) is 0 Å². The van der Waals surface area contributed by atoms with Crippen LogP contribution in [0.5, 0.6) is 0 Å². The minimum Gasteiger partial charge on any atom is -0.444 e. The van der Waals surface area contributed by atoms with Gasteiger partial charge in [0.1, 0.15) is 5.76 Å². The highest BCUT2D eigenvalue weighted by atomic mass is 16.5. The Morgan fingerprint density at radius 1 is 1.36 bits per heavy atom. The average Bonchev–Trinajstić information content (AvgIpc) is 2.68. The maximum atomic E-state index is 8.50. The molecule has 0 aliphatic carbocycles. The Kier molecular flexibility index (Phi) is 2.70. The second-order valence-electron chi connectivity index (χ2n) is 3.17. The highest BCUT2D eigenvalue weighted by Crippen LogP contribution is 2.19. The zero-order chi connectivity index (χ0) is 9.80. The fourth-order valence-electron chi connectivity index (χ4n) is 1.49. The first-order valence-electron chi connectivity index (χ1n) is 4.68. The summed E-state index contributed by atoms with van der Waals surface area (Å²) in [6.45, 7) is 3.21. The largest absolute Gasteiger partial charge is 0.444 e.